The molecule has 6 nitrogen and oxygen atoms in total. The molecular weight excluding hydrogens is 497 g/mol. The van der Waals surface area contributed by atoms with E-state index in [9.17, 15) is 14.0 Å². The maximum Gasteiger partial charge on any atom is 0.291 e. The predicted molar refractivity (Wildman–Crippen MR) is 139 cm³/mol. The Morgan fingerprint density at radius 2 is 1.86 bits per heavy atom. The van der Waals surface area contributed by atoms with E-state index in [0.29, 0.717) is 34.3 Å². The van der Waals surface area contributed by atoms with E-state index in [-0.39, 0.29) is 28.8 Å². The predicted octanol–water partition coefficient (Wildman–Crippen LogP) is 6.52. The number of unbranched alkanes of at least 4 members (excludes halogenated alkanes) is 1. The van der Waals surface area contributed by atoms with Crippen LogP contribution in [0.4, 0.5) is 4.39 Å². The molecule has 0 bridgehead atoms. The number of hydrogen-bond acceptors (Lipinski definition) is 5. The molecule has 5 rings (SSSR count). The molecule has 0 saturated heterocycles. The second-order valence-electron chi connectivity index (χ2n) is 8.85. The largest absolute Gasteiger partial charge is 0.493 e. The van der Waals surface area contributed by atoms with Crippen LogP contribution in [0, 0.1) is 5.82 Å². The maximum atomic E-state index is 14.0. The third-order valence-electron chi connectivity index (χ3n) is 6.49. The van der Waals surface area contributed by atoms with E-state index in [0.717, 1.165) is 18.9 Å². The zero-order valence-electron chi connectivity index (χ0n) is 20.4. The van der Waals surface area contributed by atoms with E-state index < -0.39 is 23.2 Å². The number of halogens is 2. The van der Waals surface area contributed by atoms with Gasteiger partial charge in [-0.3, -0.25) is 9.59 Å². The van der Waals surface area contributed by atoms with Crippen molar-refractivity contribution in [3.63, 3.8) is 0 Å². The second-order valence-corrected chi connectivity index (χ2v) is 9.26. The molecule has 0 spiro atoms. The van der Waals surface area contributed by atoms with Crippen LogP contribution in [-0.2, 0) is 6.54 Å². The molecule has 1 unspecified atom stereocenters. The summed E-state index contributed by atoms with van der Waals surface area (Å²) in [5, 5.41) is 0.566. The Kier molecular flexibility index (Phi) is 6.89. The van der Waals surface area contributed by atoms with Gasteiger partial charge in [0.2, 0.25) is 5.76 Å². The van der Waals surface area contributed by atoms with Crippen LogP contribution in [0.5, 0.6) is 11.5 Å². The lowest BCUT2D eigenvalue weighted by atomic mass is 9.97. The Hall–Kier alpha value is -3.84. The summed E-state index contributed by atoms with van der Waals surface area (Å²) in [4.78, 5) is 28.9. The molecule has 190 valence electrons. The Labute approximate surface area is 218 Å². The van der Waals surface area contributed by atoms with Crippen molar-refractivity contribution in [3.8, 4) is 11.5 Å². The highest BCUT2D eigenvalue weighted by Crippen LogP contribution is 2.42. The first kappa shape index (κ1) is 24.8. The highest BCUT2D eigenvalue weighted by molar-refractivity contribution is 6.31. The number of carbonyl (C=O) groups excluding carboxylic acids is 1. The smallest absolute Gasteiger partial charge is 0.291 e. The van der Waals surface area contributed by atoms with Gasteiger partial charge in [0, 0.05) is 11.6 Å². The number of fused-ring (bicyclic) bond motifs is 2. The van der Waals surface area contributed by atoms with Crippen molar-refractivity contribution < 1.29 is 23.1 Å². The molecule has 1 aliphatic heterocycles. The molecule has 0 aliphatic carbocycles. The third-order valence-corrected chi connectivity index (χ3v) is 6.85. The normalized spacial score (nSPS) is 14.8. The van der Waals surface area contributed by atoms with Crippen molar-refractivity contribution in [1.82, 2.24) is 4.90 Å². The highest BCUT2D eigenvalue weighted by Gasteiger charge is 2.43. The van der Waals surface area contributed by atoms with Crippen molar-refractivity contribution in [2.24, 2.45) is 0 Å². The maximum absolute atomic E-state index is 14.0. The molecule has 0 radical (unpaired) electrons. The SMILES string of the molecule is CCCCOc1ccc(C2c3c(oc4ccc(F)cc4c3=O)C(=O)N2Cc2ccccc2Cl)cc1OC. The standard InChI is InChI=1S/C29H25ClFNO5/c1-3-4-13-36-23-11-9-17(14-24(23)35-2)26-25-27(33)20-15-19(31)10-12-22(20)37-28(25)29(34)32(26)16-18-7-5-6-8-21(18)30/h5-12,14-15,26H,3-4,13,16H2,1-2H3. The average Bonchev–Trinajstić information content (AvgIpc) is 3.17. The van der Waals surface area contributed by atoms with Gasteiger partial charge in [-0.15, -0.1) is 0 Å². The van der Waals surface area contributed by atoms with Gasteiger partial charge in [-0.05, 0) is 53.9 Å². The average molecular weight is 522 g/mol. The molecule has 1 aliphatic rings. The van der Waals surface area contributed by atoms with Crippen LogP contribution >= 0.6 is 11.6 Å². The number of ether oxygens (including phenoxy) is 2. The minimum atomic E-state index is -0.804. The Morgan fingerprint density at radius 3 is 2.62 bits per heavy atom. The molecule has 0 fully saturated rings. The lowest BCUT2D eigenvalue weighted by Gasteiger charge is -2.26. The number of amides is 1. The van der Waals surface area contributed by atoms with Gasteiger partial charge in [-0.2, -0.15) is 0 Å². The number of nitrogens with zero attached hydrogens (tertiary/aromatic N) is 1. The summed E-state index contributed by atoms with van der Waals surface area (Å²) < 4.78 is 31.4. The molecule has 2 heterocycles. The second kappa shape index (κ2) is 10.3. The summed E-state index contributed by atoms with van der Waals surface area (Å²) in [6, 6.07) is 15.4. The summed E-state index contributed by atoms with van der Waals surface area (Å²) >= 11 is 6.42. The van der Waals surface area contributed by atoms with E-state index in [2.05, 4.69) is 6.92 Å². The van der Waals surface area contributed by atoms with E-state index >= 15 is 0 Å². The minimum absolute atomic E-state index is 0.0663. The van der Waals surface area contributed by atoms with Gasteiger partial charge in [-0.25, -0.2) is 4.39 Å². The van der Waals surface area contributed by atoms with Crippen LogP contribution in [0.15, 0.2) is 69.9 Å². The number of rotatable bonds is 8. The first-order valence-electron chi connectivity index (χ1n) is 12.0. The summed E-state index contributed by atoms with van der Waals surface area (Å²) in [6.45, 7) is 2.75. The summed E-state index contributed by atoms with van der Waals surface area (Å²) in [6.07, 6.45) is 1.88. The fraction of sp³-hybridized carbons (Fsp3) is 0.241. The lowest BCUT2D eigenvalue weighted by Crippen LogP contribution is -2.29. The fourth-order valence-corrected chi connectivity index (χ4v) is 4.81. The molecule has 0 N–H and O–H groups in total. The molecule has 8 heteroatoms. The summed E-state index contributed by atoms with van der Waals surface area (Å²) in [7, 11) is 1.53. The fourth-order valence-electron chi connectivity index (χ4n) is 4.61. The lowest BCUT2D eigenvalue weighted by molar-refractivity contribution is 0.0714. The molecule has 0 saturated carbocycles. The van der Waals surface area contributed by atoms with Crippen molar-refractivity contribution in [2.75, 3.05) is 13.7 Å². The van der Waals surface area contributed by atoms with Gasteiger partial charge in [0.25, 0.3) is 5.91 Å². The Balaban J connectivity index is 1.67. The Morgan fingerprint density at radius 1 is 1.05 bits per heavy atom. The van der Waals surface area contributed by atoms with Crippen LogP contribution in [-0.4, -0.2) is 24.5 Å². The van der Waals surface area contributed by atoms with Crippen molar-refractivity contribution in [2.45, 2.75) is 32.4 Å². The van der Waals surface area contributed by atoms with Crippen LogP contribution < -0.4 is 14.9 Å². The van der Waals surface area contributed by atoms with E-state index in [4.69, 9.17) is 25.5 Å². The first-order valence-corrected chi connectivity index (χ1v) is 12.4. The number of carbonyl (C=O) groups is 1. The molecule has 1 aromatic heterocycles. The molecule has 3 aromatic carbocycles. The van der Waals surface area contributed by atoms with Crippen LogP contribution in [0.3, 0.4) is 0 Å². The van der Waals surface area contributed by atoms with Crippen LogP contribution in [0.1, 0.15) is 53.1 Å². The Bertz CT molecular complexity index is 1550. The highest BCUT2D eigenvalue weighted by atomic mass is 35.5. The summed E-state index contributed by atoms with van der Waals surface area (Å²) in [5.74, 6) is -0.0457. The quantitative estimate of drug-likeness (QED) is 0.247. The van der Waals surface area contributed by atoms with Crippen molar-refractivity contribution in [1.29, 1.82) is 0 Å². The topological polar surface area (TPSA) is 69.0 Å². The number of methoxy groups -OCH3 is 1. The molecule has 4 aromatic rings. The van der Waals surface area contributed by atoms with Gasteiger partial charge in [-0.1, -0.05) is 49.2 Å². The summed E-state index contributed by atoms with van der Waals surface area (Å²) in [5.41, 5.74) is 1.18. The number of benzene rings is 3. The van der Waals surface area contributed by atoms with Gasteiger partial charge in [0.15, 0.2) is 16.9 Å². The van der Waals surface area contributed by atoms with Gasteiger partial charge >= 0.3 is 0 Å². The van der Waals surface area contributed by atoms with E-state index in [1.165, 1.54) is 19.2 Å². The van der Waals surface area contributed by atoms with Crippen molar-refractivity contribution in [3.05, 3.63) is 104 Å². The first-order chi connectivity index (χ1) is 17.9. The molecule has 1 amide bonds. The van der Waals surface area contributed by atoms with Crippen LogP contribution in [0.2, 0.25) is 5.02 Å². The van der Waals surface area contributed by atoms with Crippen molar-refractivity contribution >= 4 is 28.5 Å². The van der Waals surface area contributed by atoms with E-state index in [1.807, 2.05) is 12.1 Å². The molecular formula is C29H25ClFNO5. The third kappa shape index (κ3) is 4.55. The monoisotopic (exact) mass is 521 g/mol. The van der Waals surface area contributed by atoms with Gasteiger partial charge in [0.05, 0.1) is 30.7 Å². The van der Waals surface area contributed by atoms with Gasteiger partial charge in [0.1, 0.15) is 11.4 Å². The van der Waals surface area contributed by atoms with Crippen LogP contribution in [0.25, 0.3) is 11.0 Å². The minimum Gasteiger partial charge on any atom is -0.493 e. The zero-order chi connectivity index (χ0) is 26.1. The molecule has 1 atom stereocenters. The zero-order valence-corrected chi connectivity index (χ0v) is 21.2. The van der Waals surface area contributed by atoms with E-state index in [1.54, 1.807) is 35.2 Å². The molecule has 37 heavy (non-hydrogen) atoms. The van der Waals surface area contributed by atoms with Gasteiger partial charge < -0.3 is 18.8 Å². The number of hydrogen-bond donors (Lipinski definition) is 0.